The molecule has 0 rings (SSSR count). The average Bonchev–Trinajstić information content (AvgIpc) is 2.74. The second-order valence-electron chi connectivity index (χ2n) is 8.74. The summed E-state index contributed by atoms with van der Waals surface area (Å²) in [5.41, 5.74) is 0. The zero-order valence-electron chi connectivity index (χ0n) is 21.4. The van der Waals surface area contributed by atoms with Crippen LogP contribution in [0.15, 0.2) is 0 Å². The molecule has 0 aromatic carbocycles. The second-order valence-corrected chi connectivity index (χ2v) is 12.6. The predicted molar refractivity (Wildman–Crippen MR) is 140 cm³/mol. The van der Waals surface area contributed by atoms with Gasteiger partial charge in [0.1, 0.15) is 0 Å². The summed E-state index contributed by atoms with van der Waals surface area (Å²) in [6.45, 7) is 6.96. The third-order valence-electron chi connectivity index (χ3n) is 5.69. The van der Waals surface area contributed by atoms with Gasteiger partial charge in [0.05, 0.1) is 7.11 Å². The smallest absolute Gasteiger partial charge is 0.264 e. The normalized spacial score (nSPS) is 11.5. The average molecular weight is 483 g/mol. The third-order valence-corrected chi connectivity index (χ3v) is 8.96. The lowest BCUT2D eigenvalue weighted by Crippen LogP contribution is -1.97. The molecule has 0 unspecified atom stereocenters. The molecule has 0 saturated carbocycles. The molecule has 31 heavy (non-hydrogen) atoms. The second kappa shape index (κ2) is 26.6. The molecule has 0 aromatic heterocycles. The van der Waals surface area contributed by atoms with E-state index >= 15 is 0 Å². The first kappa shape index (κ1) is 33.5. The van der Waals surface area contributed by atoms with Gasteiger partial charge in [-0.1, -0.05) is 117 Å². The van der Waals surface area contributed by atoms with Crippen molar-refractivity contribution < 1.29 is 17.2 Å². The van der Waals surface area contributed by atoms with Gasteiger partial charge in [-0.2, -0.15) is 8.42 Å². The molecule has 0 atom stereocenters. The Morgan fingerprint density at radius 2 is 0.774 bits per heavy atom. The topological polar surface area (TPSA) is 63.6 Å². The number of rotatable bonds is 22. The Hall–Kier alpha value is 0.300. The lowest BCUT2D eigenvalue weighted by molar-refractivity contribution is 0.324. The highest BCUT2D eigenvalue weighted by atomic mass is 32.3. The van der Waals surface area contributed by atoms with E-state index in [-0.39, 0.29) is 0 Å². The molecule has 0 aliphatic heterocycles. The number of unbranched alkanes of at least 4 members (excludes halogenated alkanes) is 15. The van der Waals surface area contributed by atoms with Crippen molar-refractivity contribution in [2.24, 2.45) is 0 Å². The summed E-state index contributed by atoms with van der Waals surface area (Å²) in [7, 11) is -2.93. The third kappa shape index (κ3) is 32.6. The first-order valence-corrected chi connectivity index (χ1v) is 16.4. The minimum Gasteiger partial charge on any atom is -0.264 e. The SMILES string of the molecule is CCCCCCCCP(CCCCCCCC)CCCCCCCC.COS(=O)(=O)O. The van der Waals surface area contributed by atoms with E-state index in [9.17, 15) is 8.42 Å². The first-order valence-electron chi connectivity index (χ1n) is 13.2. The van der Waals surface area contributed by atoms with Crippen LogP contribution in [0.5, 0.6) is 0 Å². The van der Waals surface area contributed by atoms with Gasteiger partial charge in [0, 0.05) is 0 Å². The zero-order chi connectivity index (χ0) is 23.6. The van der Waals surface area contributed by atoms with E-state index in [0.29, 0.717) is 7.92 Å². The highest BCUT2D eigenvalue weighted by Crippen LogP contribution is 2.39. The summed E-state index contributed by atoms with van der Waals surface area (Å²) in [5, 5.41) is 0. The molecule has 6 heteroatoms. The zero-order valence-corrected chi connectivity index (χ0v) is 23.1. The molecule has 0 radical (unpaired) electrons. The Labute approximate surface area is 197 Å². The van der Waals surface area contributed by atoms with E-state index in [1.807, 2.05) is 0 Å². The number of hydrogen-bond acceptors (Lipinski definition) is 3. The molecular formula is C25H55O4PS. The number of hydrogen-bond donors (Lipinski definition) is 1. The maximum atomic E-state index is 9.33. The van der Waals surface area contributed by atoms with Crippen molar-refractivity contribution in [3.63, 3.8) is 0 Å². The maximum Gasteiger partial charge on any atom is 0.397 e. The van der Waals surface area contributed by atoms with Crippen LogP contribution in [0, 0.1) is 0 Å². The van der Waals surface area contributed by atoms with Crippen LogP contribution in [-0.2, 0) is 14.6 Å². The van der Waals surface area contributed by atoms with E-state index in [0.717, 1.165) is 7.11 Å². The van der Waals surface area contributed by atoms with Crippen LogP contribution in [0.1, 0.15) is 136 Å². The Bertz CT molecular complexity index is 391. The van der Waals surface area contributed by atoms with Crippen LogP contribution >= 0.6 is 7.92 Å². The Morgan fingerprint density at radius 1 is 0.548 bits per heavy atom. The largest absolute Gasteiger partial charge is 0.397 e. The fraction of sp³-hybridized carbons (Fsp3) is 1.00. The van der Waals surface area contributed by atoms with E-state index in [1.54, 1.807) is 18.5 Å². The minimum absolute atomic E-state index is 0.366. The van der Waals surface area contributed by atoms with E-state index in [4.69, 9.17) is 4.55 Å². The molecule has 0 aliphatic rings. The summed E-state index contributed by atoms with van der Waals surface area (Å²) in [6.07, 6.45) is 31.2. The van der Waals surface area contributed by atoms with Gasteiger partial charge in [-0.3, -0.25) is 8.74 Å². The van der Waals surface area contributed by atoms with Gasteiger partial charge in [0.25, 0.3) is 0 Å². The molecule has 0 bridgehead atoms. The van der Waals surface area contributed by atoms with E-state index in [1.165, 1.54) is 116 Å². The summed E-state index contributed by atoms with van der Waals surface area (Å²) in [5.74, 6) is 0. The Morgan fingerprint density at radius 3 is 1.00 bits per heavy atom. The molecular weight excluding hydrogens is 427 g/mol. The Kier molecular flexibility index (Phi) is 28.7. The molecule has 1 N–H and O–H groups in total. The van der Waals surface area contributed by atoms with Crippen LogP contribution in [0.3, 0.4) is 0 Å². The van der Waals surface area contributed by atoms with Crippen molar-refractivity contribution in [2.75, 3.05) is 25.6 Å². The molecule has 0 heterocycles. The van der Waals surface area contributed by atoms with Gasteiger partial charge in [0.2, 0.25) is 0 Å². The van der Waals surface area contributed by atoms with Crippen LogP contribution in [0.25, 0.3) is 0 Å². The van der Waals surface area contributed by atoms with Crippen molar-refractivity contribution in [1.29, 1.82) is 0 Å². The monoisotopic (exact) mass is 482 g/mol. The van der Waals surface area contributed by atoms with Crippen LogP contribution in [0.4, 0.5) is 0 Å². The highest BCUT2D eigenvalue weighted by molar-refractivity contribution is 7.80. The first-order chi connectivity index (χ1) is 14.9. The summed E-state index contributed by atoms with van der Waals surface area (Å²) >= 11 is 0. The lowest BCUT2D eigenvalue weighted by Gasteiger charge is -2.18. The van der Waals surface area contributed by atoms with Gasteiger partial charge < -0.3 is 0 Å². The molecule has 0 aromatic rings. The van der Waals surface area contributed by atoms with Gasteiger partial charge in [-0.15, -0.1) is 7.92 Å². The fourth-order valence-corrected chi connectivity index (χ4v) is 6.37. The predicted octanol–water partition coefficient (Wildman–Crippen LogP) is 8.99. The molecule has 0 spiro atoms. The fourth-order valence-electron chi connectivity index (χ4n) is 3.68. The standard InChI is InChI=1S/C24H51P.CH4O4S/c1-4-7-10-13-16-19-22-25(23-20-17-14-11-8-5-2)24-21-18-15-12-9-6-3;1-5-6(2,3)4/h4-24H2,1-3H3;1H3,(H,2,3,4). The maximum absolute atomic E-state index is 9.33. The lowest BCUT2D eigenvalue weighted by atomic mass is 10.1. The molecule has 0 aliphatic carbocycles. The van der Waals surface area contributed by atoms with E-state index in [2.05, 4.69) is 25.0 Å². The minimum atomic E-state index is -4.16. The van der Waals surface area contributed by atoms with Gasteiger partial charge in [0.15, 0.2) is 0 Å². The van der Waals surface area contributed by atoms with Gasteiger partial charge in [-0.25, -0.2) is 0 Å². The highest BCUT2D eigenvalue weighted by Gasteiger charge is 2.07. The molecule has 4 nitrogen and oxygen atoms in total. The molecule has 0 saturated heterocycles. The van der Waals surface area contributed by atoms with Gasteiger partial charge in [-0.05, 0) is 37.7 Å². The van der Waals surface area contributed by atoms with Crippen LogP contribution in [-0.4, -0.2) is 38.6 Å². The summed E-state index contributed by atoms with van der Waals surface area (Å²) < 4.78 is 29.7. The summed E-state index contributed by atoms with van der Waals surface area (Å²) in [6, 6.07) is 0. The van der Waals surface area contributed by atoms with Crippen molar-refractivity contribution in [3.05, 3.63) is 0 Å². The Balaban J connectivity index is 0. The van der Waals surface area contributed by atoms with Gasteiger partial charge >= 0.3 is 10.4 Å². The molecule has 0 fully saturated rings. The van der Waals surface area contributed by atoms with Crippen molar-refractivity contribution >= 4 is 18.3 Å². The molecule has 0 amide bonds. The molecule has 190 valence electrons. The van der Waals surface area contributed by atoms with E-state index < -0.39 is 10.4 Å². The van der Waals surface area contributed by atoms with Crippen molar-refractivity contribution in [3.8, 4) is 0 Å². The van der Waals surface area contributed by atoms with Crippen LogP contribution in [0.2, 0.25) is 0 Å². The summed E-state index contributed by atoms with van der Waals surface area (Å²) in [4.78, 5) is 0. The van der Waals surface area contributed by atoms with Crippen molar-refractivity contribution in [2.45, 2.75) is 136 Å². The van der Waals surface area contributed by atoms with Crippen molar-refractivity contribution in [1.82, 2.24) is 0 Å². The van der Waals surface area contributed by atoms with Crippen LogP contribution < -0.4 is 0 Å². The quantitative estimate of drug-likeness (QED) is 0.0949.